The van der Waals surface area contributed by atoms with Crippen LogP contribution in [0.1, 0.15) is 22.7 Å². The molecule has 0 saturated carbocycles. The highest BCUT2D eigenvalue weighted by Gasteiger charge is 2.40. The molecule has 1 aromatic carbocycles. The first-order valence-corrected chi connectivity index (χ1v) is 8.73. The van der Waals surface area contributed by atoms with Crippen LogP contribution in [0.3, 0.4) is 0 Å². The summed E-state index contributed by atoms with van der Waals surface area (Å²) in [6, 6.07) is 2.75. The Morgan fingerprint density at radius 1 is 1.17 bits per heavy atom. The van der Waals surface area contributed by atoms with E-state index in [-0.39, 0.29) is 5.02 Å². The van der Waals surface area contributed by atoms with E-state index in [1.807, 2.05) is 4.90 Å². The number of benzene rings is 1. The van der Waals surface area contributed by atoms with Crippen LogP contribution >= 0.6 is 22.9 Å². The van der Waals surface area contributed by atoms with E-state index >= 15 is 0 Å². The molecule has 2 heterocycles. The Hall–Kier alpha value is -1.15. The van der Waals surface area contributed by atoms with E-state index in [4.69, 9.17) is 11.6 Å². The number of piperazine rings is 1. The van der Waals surface area contributed by atoms with Crippen molar-refractivity contribution in [3.8, 4) is 0 Å². The van der Waals surface area contributed by atoms with Gasteiger partial charge in [0.25, 0.3) is 0 Å². The summed E-state index contributed by atoms with van der Waals surface area (Å²) in [4.78, 5) is 1.86. The number of nitrogens with one attached hydrogen (secondary N) is 1. The Bertz CT molecular complexity index is 697. The van der Waals surface area contributed by atoms with Gasteiger partial charge in [-0.15, -0.1) is 0 Å². The van der Waals surface area contributed by atoms with Gasteiger partial charge >= 0.3 is 6.18 Å². The summed E-state index contributed by atoms with van der Waals surface area (Å²) in [6.45, 7) is 2.35. The minimum absolute atomic E-state index is 0.298. The average molecular weight is 379 g/mol. The Morgan fingerprint density at radius 3 is 2.46 bits per heavy atom. The molecule has 0 aliphatic carbocycles. The van der Waals surface area contributed by atoms with Gasteiger partial charge in [0.05, 0.1) is 16.6 Å². The van der Waals surface area contributed by atoms with Crippen LogP contribution in [0.5, 0.6) is 0 Å². The fourth-order valence-corrected chi connectivity index (χ4v) is 3.86. The smallest absolute Gasteiger partial charge is 0.314 e. The third kappa shape index (κ3) is 3.44. The molecule has 1 aromatic heterocycles. The van der Waals surface area contributed by atoms with Crippen molar-refractivity contribution in [2.45, 2.75) is 12.2 Å². The maximum atomic E-state index is 14.7. The van der Waals surface area contributed by atoms with Crippen LogP contribution < -0.4 is 5.32 Å². The van der Waals surface area contributed by atoms with Crippen molar-refractivity contribution in [2.75, 3.05) is 26.2 Å². The Morgan fingerprint density at radius 2 is 1.88 bits per heavy atom. The molecule has 2 nitrogen and oxygen atoms in total. The Balaban J connectivity index is 2.19. The molecule has 1 saturated heterocycles. The summed E-state index contributed by atoms with van der Waals surface area (Å²) in [7, 11) is 0. The number of hydrogen-bond donors (Lipinski definition) is 1. The Kier molecular flexibility index (Phi) is 5.15. The molecular formula is C16H15ClF4N2S. The van der Waals surface area contributed by atoms with Gasteiger partial charge < -0.3 is 5.32 Å². The molecule has 24 heavy (non-hydrogen) atoms. The lowest BCUT2D eigenvalue weighted by molar-refractivity contribution is -0.138. The highest BCUT2D eigenvalue weighted by atomic mass is 35.5. The van der Waals surface area contributed by atoms with Crippen LogP contribution in [-0.4, -0.2) is 31.1 Å². The van der Waals surface area contributed by atoms with Crippen LogP contribution in [0, 0.1) is 5.82 Å². The molecule has 1 N–H and O–H groups in total. The zero-order valence-electron chi connectivity index (χ0n) is 12.5. The SMILES string of the molecule is Fc1c(Cl)ccc(C(F)(F)F)c1[C@H](c1ccsc1)N1CCNCC1. The topological polar surface area (TPSA) is 15.3 Å². The summed E-state index contributed by atoms with van der Waals surface area (Å²) in [5.74, 6) is -0.999. The number of thiophene rings is 1. The van der Waals surface area contributed by atoms with E-state index < -0.39 is 29.2 Å². The van der Waals surface area contributed by atoms with E-state index in [0.29, 0.717) is 31.7 Å². The van der Waals surface area contributed by atoms with E-state index in [9.17, 15) is 17.6 Å². The van der Waals surface area contributed by atoms with Gasteiger partial charge in [-0.25, -0.2) is 4.39 Å². The molecule has 2 aromatic rings. The number of hydrogen-bond acceptors (Lipinski definition) is 3. The van der Waals surface area contributed by atoms with E-state index in [0.717, 1.165) is 12.1 Å². The third-order valence-electron chi connectivity index (χ3n) is 4.09. The summed E-state index contributed by atoms with van der Waals surface area (Å²) in [5.41, 5.74) is -0.719. The third-order valence-corrected chi connectivity index (χ3v) is 5.08. The molecule has 8 heteroatoms. The van der Waals surface area contributed by atoms with E-state index in [2.05, 4.69) is 5.32 Å². The van der Waals surface area contributed by atoms with Crippen LogP contribution in [0.25, 0.3) is 0 Å². The number of alkyl halides is 3. The van der Waals surface area contributed by atoms with Crippen molar-refractivity contribution in [1.29, 1.82) is 0 Å². The van der Waals surface area contributed by atoms with Crippen molar-refractivity contribution in [1.82, 2.24) is 10.2 Å². The molecule has 3 rings (SSSR count). The van der Waals surface area contributed by atoms with Gasteiger partial charge in [-0.2, -0.15) is 24.5 Å². The van der Waals surface area contributed by atoms with Crippen LogP contribution in [-0.2, 0) is 6.18 Å². The van der Waals surface area contributed by atoms with Crippen molar-refractivity contribution in [3.05, 3.63) is 56.5 Å². The van der Waals surface area contributed by atoms with Gasteiger partial charge in [0.1, 0.15) is 5.82 Å². The van der Waals surface area contributed by atoms with E-state index in [1.54, 1.807) is 16.8 Å². The summed E-state index contributed by atoms with van der Waals surface area (Å²) in [5, 5.41) is 6.39. The first kappa shape index (κ1) is 17.7. The summed E-state index contributed by atoms with van der Waals surface area (Å²) < 4.78 is 55.2. The lowest BCUT2D eigenvalue weighted by Crippen LogP contribution is -2.46. The first-order valence-electron chi connectivity index (χ1n) is 7.41. The quantitative estimate of drug-likeness (QED) is 0.788. The molecule has 0 radical (unpaired) electrons. The second kappa shape index (κ2) is 7.00. The molecule has 1 aliphatic rings. The molecule has 0 bridgehead atoms. The normalized spacial score (nSPS) is 17.9. The van der Waals surface area contributed by atoms with Gasteiger partial charge in [-0.3, -0.25) is 4.90 Å². The molecule has 0 spiro atoms. The summed E-state index contributed by atoms with van der Waals surface area (Å²) in [6.07, 6.45) is -4.65. The van der Waals surface area contributed by atoms with E-state index in [1.165, 1.54) is 11.3 Å². The average Bonchev–Trinajstić information content (AvgIpc) is 3.06. The molecule has 0 unspecified atom stereocenters. The van der Waals surface area contributed by atoms with Gasteiger partial charge in [0.15, 0.2) is 0 Å². The zero-order valence-corrected chi connectivity index (χ0v) is 14.1. The van der Waals surface area contributed by atoms with Crippen LogP contribution in [0.2, 0.25) is 5.02 Å². The van der Waals surface area contributed by atoms with Crippen molar-refractivity contribution >= 4 is 22.9 Å². The minimum Gasteiger partial charge on any atom is -0.314 e. The van der Waals surface area contributed by atoms with Crippen molar-refractivity contribution in [3.63, 3.8) is 0 Å². The van der Waals surface area contributed by atoms with Crippen molar-refractivity contribution in [2.24, 2.45) is 0 Å². The van der Waals surface area contributed by atoms with Crippen LogP contribution in [0.4, 0.5) is 17.6 Å². The lowest BCUT2D eigenvalue weighted by Gasteiger charge is -2.36. The monoisotopic (exact) mass is 378 g/mol. The first-order chi connectivity index (χ1) is 11.4. The second-order valence-electron chi connectivity index (χ2n) is 5.57. The lowest BCUT2D eigenvalue weighted by atomic mass is 9.93. The molecular weight excluding hydrogens is 364 g/mol. The Labute approximate surface area is 146 Å². The standard InChI is InChI=1S/C16H15ClF4N2S/c17-12-2-1-11(16(19,20)21)13(14(12)18)15(10-3-8-24-9-10)23-6-4-22-5-7-23/h1-3,8-9,15,22H,4-7H2/t15-/m0/s1. The predicted molar refractivity (Wildman–Crippen MR) is 87.0 cm³/mol. The summed E-state index contributed by atoms with van der Waals surface area (Å²) >= 11 is 7.18. The maximum Gasteiger partial charge on any atom is 0.416 e. The highest BCUT2D eigenvalue weighted by Crippen LogP contribution is 2.42. The van der Waals surface area contributed by atoms with Gasteiger partial charge in [-0.05, 0) is 34.5 Å². The number of nitrogens with zero attached hydrogens (tertiary/aromatic N) is 1. The minimum atomic E-state index is -4.65. The van der Waals surface area contributed by atoms with Crippen LogP contribution in [0.15, 0.2) is 29.0 Å². The largest absolute Gasteiger partial charge is 0.416 e. The predicted octanol–water partition coefficient (Wildman–Crippen LogP) is 4.55. The maximum absolute atomic E-state index is 14.7. The fraction of sp³-hybridized carbons (Fsp3) is 0.375. The van der Waals surface area contributed by atoms with Gasteiger partial charge in [-0.1, -0.05) is 11.6 Å². The second-order valence-corrected chi connectivity index (χ2v) is 6.75. The molecule has 1 atom stereocenters. The molecule has 0 amide bonds. The van der Waals surface area contributed by atoms with Gasteiger partial charge in [0, 0.05) is 31.7 Å². The van der Waals surface area contributed by atoms with Gasteiger partial charge in [0.2, 0.25) is 0 Å². The number of halogens is 5. The molecule has 1 aliphatic heterocycles. The fourth-order valence-electron chi connectivity index (χ4n) is 3.01. The number of rotatable bonds is 3. The zero-order chi connectivity index (χ0) is 17.3. The molecule has 1 fully saturated rings. The van der Waals surface area contributed by atoms with Crippen molar-refractivity contribution < 1.29 is 17.6 Å². The highest BCUT2D eigenvalue weighted by molar-refractivity contribution is 7.08. The molecule has 130 valence electrons.